The van der Waals surface area contributed by atoms with Gasteiger partial charge >= 0.3 is 6.09 Å². The summed E-state index contributed by atoms with van der Waals surface area (Å²) in [4.78, 5) is 23.3. The Morgan fingerprint density at radius 2 is 1.77 bits per heavy atom. The van der Waals surface area contributed by atoms with Crippen molar-refractivity contribution in [3.8, 4) is 28.8 Å². The summed E-state index contributed by atoms with van der Waals surface area (Å²) >= 11 is 18.8. The van der Waals surface area contributed by atoms with Gasteiger partial charge in [0.15, 0.2) is 10.9 Å². The summed E-state index contributed by atoms with van der Waals surface area (Å²) in [5.74, 6) is -0.872. The second-order valence-corrected chi connectivity index (χ2v) is 7.66. The van der Waals surface area contributed by atoms with E-state index in [4.69, 9.17) is 44.8 Å². The first kappa shape index (κ1) is 25.7. The third-order valence-corrected chi connectivity index (χ3v) is 4.97. The fourth-order valence-corrected chi connectivity index (χ4v) is 3.39. The molecule has 2 aromatic carbocycles. The Morgan fingerprint density at radius 1 is 1.09 bits per heavy atom. The Morgan fingerprint density at radius 3 is 2.40 bits per heavy atom. The summed E-state index contributed by atoms with van der Waals surface area (Å²) in [5, 5.41) is 22.8. The number of nitrogens with one attached hydrogen (secondary N) is 2. The van der Waals surface area contributed by atoms with E-state index in [1.54, 1.807) is 19.1 Å². The van der Waals surface area contributed by atoms with Gasteiger partial charge in [-0.25, -0.2) is 4.79 Å². The molecule has 0 spiro atoms. The van der Waals surface area contributed by atoms with E-state index in [1.165, 1.54) is 12.1 Å². The number of rotatable bonds is 7. The number of nitriles is 1. The van der Waals surface area contributed by atoms with Gasteiger partial charge in [-0.2, -0.15) is 10.4 Å². The van der Waals surface area contributed by atoms with Gasteiger partial charge in [0.05, 0.1) is 22.3 Å². The summed E-state index contributed by atoms with van der Waals surface area (Å²) in [7, 11) is 0. The summed E-state index contributed by atoms with van der Waals surface area (Å²) in [6.45, 7) is 1.62. The molecule has 0 aliphatic carbocycles. The van der Waals surface area contributed by atoms with E-state index < -0.39 is 17.7 Å². The predicted octanol–water partition coefficient (Wildman–Crippen LogP) is 5.46. The van der Waals surface area contributed by atoms with Gasteiger partial charge in [0, 0.05) is 11.6 Å². The maximum Gasteiger partial charge on any atom is 0.414 e. The molecule has 35 heavy (non-hydrogen) atoms. The number of anilines is 1. The monoisotopic (exact) mass is 532 g/mol. The molecule has 0 saturated carbocycles. The van der Waals surface area contributed by atoms with Gasteiger partial charge in [0.2, 0.25) is 11.6 Å². The molecule has 1 heterocycles. The lowest BCUT2D eigenvalue weighted by atomic mass is 10.1. The molecule has 10 nitrogen and oxygen atoms in total. The van der Waals surface area contributed by atoms with Crippen molar-refractivity contribution in [3.63, 3.8) is 0 Å². The standard InChI is InChI=1S/C22H15Cl3N6O4/c1-2-34-22(33)27-21(32)17(11-26)29-28-13-8-15(23)19(16(24)9-13)35-18-10-14(20(25)31-30-18)12-6-4-3-5-7-12/h3-10,28H,2H2,1H3,(H,27,32,33). The molecule has 0 aliphatic heterocycles. The van der Waals surface area contributed by atoms with E-state index in [0.29, 0.717) is 5.56 Å². The molecular formula is C22H15Cl3N6O4. The highest BCUT2D eigenvalue weighted by molar-refractivity contribution is 6.47. The van der Waals surface area contributed by atoms with Crippen LogP contribution in [0.1, 0.15) is 6.92 Å². The minimum Gasteiger partial charge on any atom is -0.450 e. The van der Waals surface area contributed by atoms with E-state index in [9.17, 15) is 9.59 Å². The lowest BCUT2D eigenvalue weighted by Crippen LogP contribution is -2.36. The molecule has 0 saturated heterocycles. The van der Waals surface area contributed by atoms with Crippen LogP contribution >= 0.6 is 34.8 Å². The number of aromatic nitrogens is 2. The fourth-order valence-electron chi connectivity index (χ4n) is 2.62. The van der Waals surface area contributed by atoms with Crippen LogP contribution in [0, 0.1) is 11.3 Å². The average Bonchev–Trinajstić information content (AvgIpc) is 2.83. The topological polar surface area (TPSA) is 139 Å². The predicted molar refractivity (Wildman–Crippen MR) is 131 cm³/mol. The number of hydrogen-bond donors (Lipinski definition) is 2. The quantitative estimate of drug-likeness (QED) is 0.301. The van der Waals surface area contributed by atoms with Crippen molar-refractivity contribution in [2.45, 2.75) is 6.92 Å². The molecule has 2 amide bonds. The second kappa shape index (κ2) is 12.0. The molecule has 0 unspecified atom stereocenters. The van der Waals surface area contributed by atoms with Crippen LogP contribution in [0.15, 0.2) is 53.6 Å². The van der Waals surface area contributed by atoms with Gasteiger partial charge < -0.3 is 9.47 Å². The molecule has 3 aromatic rings. The van der Waals surface area contributed by atoms with E-state index in [1.807, 2.05) is 35.6 Å². The fraction of sp³-hybridized carbons (Fsp3) is 0.0909. The maximum atomic E-state index is 11.9. The third-order valence-electron chi connectivity index (χ3n) is 4.12. The maximum absolute atomic E-state index is 11.9. The van der Waals surface area contributed by atoms with Crippen LogP contribution in [0.4, 0.5) is 10.5 Å². The summed E-state index contributed by atoms with van der Waals surface area (Å²) in [6.07, 6.45) is -1.01. The lowest BCUT2D eigenvalue weighted by Gasteiger charge is -2.12. The van der Waals surface area contributed by atoms with E-state index in [0.717, 1.165) is 5.56 Å². The van der Waals surface area contributed by atoms with Gasteiger partial charge in [-0.3, -0.25) is 15.5 Å². The van der Waals surface area contributed by atoms with E-state index in [-0.39, 0.29) is 39.1 Å². The molecule has 178 valence electrons. The van der Waals surface area contributed by atoms with E-state index in [2.05, 4.69) is 25.5 Å². The molecule has 0 bridgehead atoms. The number of alkyl carbamates (subject to hydrolysis) is 1. The number of nitrogens with zero attached hydrogens (tertiary/aromatic N) is 4. The Kier molecular flexibility index (Phi) is 8.80. The number of amides is 2. The minimum absolute atomic E-state index is 0.0526. The Balaban J connectivity index is 1.78. The smallest absolute Gasteiger partial charge is 0.414 e. The minimum atomic E-state index is -1.05. The molecule has 1 aromatic heterocycles. The Bertz CT molecular complexity index is 1310. The zero-order valence-electron chi connectivity index (χ0n) is 17.9. The normalized spacial score (nSPS) is 10.8. The number of carbonyl (C=O) groups excluding carboxylic acids is 2. The average molecular weight is 534 g/mol. The van der Waals surface area contributed by atoms with Crippen molar-refractivity contribution < 1.29 is 19.1 Å². The highest BCUT2D eigenvalue weighted by atomic mass is 35.5. The second-order valence-electron chi connectivity index (χ2n) is 6.48. The zero-order chi connectivity index (χ0) is 25.4. The summed E-state index contributed by atoms with van der Waals surface area (Å²) in [6, 6.07) is 15.2. The van der Waals surface area contributed by atoms with Crippen LogP contribution in [0.3, 0.4) is 0 Å². The highest BCUT2D eigenvalue weighted by Crippen LogP contribution is 2.39. The third kappa shape index (κ3) is 6.80. The summed E-state index contributed by atoms with van der Waals surface area (Å²) in [5.41, 5.74) is 3.49. The molecule has 0 atom stereocenters. The van der Waals surface area contributed by atoms with Gasteiger partial charge in [0.25, 0.3) is 5.91 Å². The van der Waals surface area contributed by atoms with Crippen molar-refractivity contribution in [3.05, 3.63) is 63.7 Å². The van der Waals surface area contributed by atoms with Crippen LogP contribution in [0.2, 0.25) is 15.2 Å². The molecule has 0 aliphatic rings. The largest absolute Gasteiger partial charge is 0.450 e. The number of hydrogen-bond acceptors (Lipinski definition) is 9. The van der Waals surface area contributed by atoms with Crippen LogP contribution in [-0.2, 0) is 9.53 Å². The molecular weight excluding hydrogens is 519 g/mol. The first-order chi connectivity index (χ1) is 16.8. The van der Waals surface area contributed by atoms with Gasteiger partial charge in [-0.05, 0) is 24.6 Å². The number of halogens is 3. The van der Waals surface area contributed by atoms with Crippen LogP contribution < -0.4 is 15.5 Å². The molecule has 13 heteroatoms. The number of carbonyl (C=O) groups is 2. The van der Waals surface area contributed by atoms with Gasteiger partial charge in [0.1, 0.15) is 6.07 Å². The highest BCUT2D eigenvalue weighted by Gasteiger charge is 2.17. The van der Waals surface area contributed by atoms with Crippen molar-refractivity contribution in [2.75, 3.05) is 12.0 Å². The van der Waals surface area contributed by atoms with Crippen molar-refractivity contribution in [1.82, 2.24) is 15.5 Å². The number of imide groups is 1. The first-order valence-electron chi connectivity index (χ1n) is 9.79. The van der Waals surface area contributed by atoms with Crippen molar-refractivity contribution in [1.29, 1.82) is 5.26 Å². The van der Waals surface area contributed by atoms with Gasteiger partial charge in [-0.15, -0.1) is 10.2 Å². The number of benzene rings is 2. The van der Waals surface area contributed by atoms with Crippen molar-refractivity contribution in [2.24, 2.45) is 5.10 Å². The first-order valence-corrected chi connectivity index (χ1v) is 10.9. The lowest BCUT2D eigenvalue weighted by molar-refractivity contribution is -0.114. The van der Waals surface area contributed by atoms with Crippen molar-refractivity contribution >= 4 is 58.2 Å². The summed E-state index contributed by atoms with van der Waals surface area (Å²) < 4.78 is 10.3. The van der Waals surface area contributed by atoms with Crippen LogP contribution in [0.5, 0.6) is 11.6 Å². The van der Waals surface area contributed by atoms with Crippen LogP contribution in [0.25, 0.3) is 11.1 Å². The number of ether oxygens (including phenoxy) is 2. The van der Waals surface area contributed by atoms with Crippen LogP contribution in [-0.4, -0.2) is 34.5 Å². The van der Waals surface area contributed by atoms with E-state index >= 15 is 0 Å². The molecule has 0 fully saturated rings. The molecule has 3 rings (SSSR count). The SMILES string of the molecule is CCOC(=O)NC(=O)C(C#N)=NNc1cc(Cl)c(Oc2cc(-c3ccccc3)c(Cl)nn2)c(Cl)c1. The zero-order valence-corrected chi connectivity index (χ0v) is 20.1. The number of hydrazone groups is 1. The molecule has 2 N–H and O–H groups in total. The van der Waals surface area contributed by atoms with Gasteiger partial charge in [-0.1, -0.05) is 65.1 Å². The Labute approximate surface area is 214 Å². The molecule has 0 radical (unpaired) electrons. The Hall–Kier alpha value is -3.91.